The minimum absolute atomic E-state index is 0. The van der Waals surface area contributed by atoms with Crippen LogP contribution in [0.3, 0.4) is 0 Å². The van der Waals surface area contributed by atoms with Gasteiger partial charge in [0, 0.05) is 38.9 Å². The Morgan fingerprint density at radius 2 is 1.80 bits per heavy atom. The molecule has 0 fully saturated rings. The van der Waals surface area contributed by atoms with Gasteiger partial charge in [0.2, 0.25) is 10.0 Å². The number of likely N-dealkylation sites (N-methyl/N-ethyl adjacent to an activating group) is 1. The molecule has 0 bridgehead atoms. The van der Waals surface area contributed by atoms with Crippen molar-refractivity contribution < 1.29 is 8.42 Å². The number of anilines is 1. The molecule has 0 heterocycles. The van der Waals surface area contributed by atoms with Gasteiger partial charge >= 0.3 is 0 Å². The van der Waals surface area contributed by atoms with Crippen molar-refractivity contribution in [1.82, 2.24) is 15.4 Å². The molecular weight excluding hydrogens is 513 g/mol. The Kier molecular flexibility index (Phi) is 11.1. The van der Waals surface area contributed by atoms with E-state index in [0.29, 0.717) is 12.5 Å². The largest absolute Gasteiger partial charge is 0.370 e. The third-order valence-corrected chi connectivity index (χ3v) is 6.04. The van der Waals surface area contributed by atoms with Crippen LogP contribution in [0.4, 0.5) is 5.69 Å². The van der Waals surface area contributed by atoms with E-state index in [1.165, 1.54) is 18.3 Å². The highest BCUT2D eigenvalue weighted by atomic mass is 127. The predicted octanol–water partition coefficient (Wildman–Crippen LogP) is 2.71. The van der Waals surface area contributed by atoms with Crippen molar-refractivity contribution >= 4 is 45.6 Å². The number of benzene rings is 2. The minimum atomic E-state index is -3.41. The fourth-order valence-electron chi connectivity index (χ4n) is 2.91. The van der Waals surface area contributed by atoms with Crippen molar-refractivity contribution in [1.29, 1.82) is 0 Å². The van der Waals surface area contributed by atoms with E-state index in [1.54, 1.807) is 31.3 Å². The molecule has 7 nitrogen and oxygen atoms in total. The molecule has 9 heteroatoms. The Balaban J connectivity index is 0.00000450. The second kappa shape index (κ2) is 12.8. The van der Waals surface area contributed by atoms with Gasteiger partial charge in [-0.1, -0.05) is 24.3 Å². The molecule has 0 aromatic heterocycles. The summed E-state index contributed by atoms with van der Waals surface area (Å²) in [5.74, 6) is 0.706. The summed E-state index contributed by atoms with van der Waals surface area (Å²) < 4.78 is 25.9. The monoisotopic (exact) mass is 545 g/mol. The van der Waals surface area contributed by atoms with E-state index in [1.807, 2.05) is 0 Å². The zero-order chi connectivity index (χ0) is 21.3. The second-order valence-electron chi connectivity index (χ2n) is 6.62. The number of hydrogen-bond acceptors (Lipinski definition) is 4. The predicted molar refractivity (Wildman–Crippen MR) is 135 cm³/mol. The molecule has 0 atom stereocenters. The standard InChI is InChI=1S/C21H31N5O2S.HI/c1-5-26(19-8-6-7-17(2)15-19)14-13-24-21(22-3)25-16-18-9-11-20(12-10-18)29(27,28)23-4;/h6-12,15,23H,5,13-14,16H2,1-4H3,(H2,22,24,25);1H. The molecule has 2 rings (SSSR count). The van der Waals surface area contributed by atoms with Gasteiger partial charge in [0.1, 0.15) is 0 Å². The van der Waals surface area contributed by atoms with Crippen LogP contribution in [0.15, 0.2) is 58.4 Å². The molecule has 0 saturated carbocycles. The van der Waals surface area contributed by atoms with Crippen molar-refractivity contribution in [3.63, 3.8) is 0 Å². The summed E-state index contributed by atoms with van der Waals surface area (Å²) in [7, 11) is -0.276. The number of nitrogens with zero attached hydrogens (tertiary/aromatic N) is 2. The van der Waals surface area contributed by atoms with Gasteiger partial charge in [-0.2, -0.15) is 0 Å². The van der Waals surface area contributed by atoms with Crippen LogP contribution in [0.25, 0.3) is 0 Å². The Bertz CT molecular complexity index is 917. The first kappa shape index (κ1) is 26.2. The molecule has 0 spiro atoms. The van der Waals surface area contributed by atoms with Crippen molar-refractivity contribution in [2.24, 2.45) is 4.99 Å². The SMILES string of the molecule is CCN(CCNC(=NC)NCc1ccc(S(=O)(=O)NC)cc1)c1cccc(C)c1.I. The topological polar surface area (TPSA) is 85.8 Å². The lowest BCUT2D eigenvalue weighted by Crippen LogP contribution is -2.41. The van der Waals surface area contributed by atoms with Crippen LogP contribution >= 0.6 is 24.0 Å². The van der Waals surface area contributed by atoms with Crippen LogP contribution in [0.5, 0.6) is 0 Å². The summed E-state index contributed by atoms with van der Waals surface area (Å²) in [5.41, 5.74) is 3.44. The molecule has 166 valence electrons. The molecule has 3 N–H and O–H groups in total. The number of sulfonamides is 1. The van der Waals surface area contributed by atoms with E-state index >= 15 is 0 Å². The molecule has 0 aliphatic rings. The van der Waals surface area contributed by atoms with Crippen molar-refractivity contribution in [3.05, 3.63) is 59.7 Å². The first-order valence-corrected chi connectivity index (χ1v) is 11.2. The highest BCUT2D eigenvalue weighted by Crippen LogP contribution is 2.15. The van der Waals surface area contributed by atoms with Crippen LogP contribution in [0.2, 0.25) is 0 Å². The van der Waals surface area contributed by atoms with Crippen molar-refractivity contribution in [2.45, 2.75) is 25.3 Å². The molecule has 2 aromatic carbocycles. The molecule has 2 aromatic rings. The Labute approximate surface area is 197 Å². The molecule has 0 unspecified atom stereocenters. The first-order chi connectivity index (χ1) is 13.9. The van der Waals surface area contributed by atoms with Gasteiger partial charge in [-0.3, -0.25) is 4.99 Å². The average Bonchev–Trinajstić information content (AvgIpc) is 2.73. The average molecular weight is 545 g/mol. The number of hydrogen-bond donors (Lipinski definition) is 3. The summed E-state index contributed by atoms with van der Waals surface area (Å²) in [6.45, 7) is 7.33. The number of aryl methyl sites for hydroxylation is 1. The van der Waals surface area contributed by atoms with Crippen LogP contribution in [-0.2, 0) is 16.6 Å². The summed E-state index contributed by atoms with van der Waals surface area (Å²) >= 11 is 0. The summed E-state index contributed by atoms with van der Waals surface area (Å²) in [4.78, 5) is 6.82. The van der Waals surface area contributed by atoms with Gasteiger partial charge in [0.05, 0.1) is 4.90 Å². The number of halogens is 1. The molecular formula is C21H32IN5O2S. The molecule has 0 saturated heterocycles. The van der Waals surface area contributed by atoms with E-state index in [-0.39, 0.29) is 28.9 Å². The number of aliphatic imine (C=N–C) groups is 1. The highest BCUT2D eigenvalue weighted by molar-refractivity contribution is 14.0. The molecule has 0 radical (unpaired) electrons. The highest BCUT2D eigenvalue weighted by Gasteiger charge is 2.10. The first-order valence-electron chi connectivity index (χ1n) is 9.68. The van der Waals surface area contributed by atoms with Gasteiger partial charge in [-0.15, -0.1) is 24.0 Å². The zero-order valence-corrected chi connectivity index (χ0v) is 21.1. The van der Waals surface area contributed by atoms with Crippen LogP contribution in [0, 0.1) is 6.92 Å². The fraction of sp³-hybridized carbons (Fsp3) is 0.381. The number of guanidine groups is 1. The Hall–Kier alpha value is -1.85. The van der Waals surface area contributed by atoms with E-state index < -0.39 is 10.0 Å². The van der Waals surface area contributed by atoms with Crippen molar-refractivity contribution in [3.8, 4) is 0 Å². The van der Waals surface area contributed by atoms with Crippen LogP contribution < -0.4 is 20.3 Å². The summed E-state index contributed by atoms with van der Waals surface area (Å²) in [5, 5.41) is 6.58. The smallest absolute Gasteiger partial charge is 0.240 e. The van der Waals surface area contributed by atoms with Gasteiger partial charge in [0.15, 0.2) is 5.96 Å². The minimum Gasteiger partial charge on any atom is -0.370 e. The quantitative estimate of drug-likeness (QED) is 0.257. The van der Waals surface area contributed by atoms with Gasteiger partial charge in [-0.05, 0) is 56.3 Å². The number of rotatable bonds is 9. The van der Waals surface area contributed by atoms with E-state index in [2.05, 4.69) is 63.4 Å². The third kappa shape index (κ3) is 7.77. The van der Waals surface area contributed by atoms with Gasteiger partial charge in [0.25, 0.3) is 0 Å². The van der Waals surface area contributed by atoms with Crippen LogP contribution in [-0.4, -0.2) is 48.1 Å². The zero-order valence-electron chi connectivity index (χ0n) is 18.0. The molecule has 0 aliphatic carbocycles. The maximum atomic E-state index is 11.8. The summed E-state index contributed by atoms with van der Waals surface area (Å²) in [6.07, 6.45) is 0. The molecule has 0 amide bonds. The summed E-state index contributed by atoms with van der Waals surface area (Å²) in [6, 6.07) is 15.3. The maximum absolute atomic E-state index is 11.8. The Morgan fingerprint density at radius 1 is 1.10 bits per heavy atom. The maximum Gasteiger partial charge on any atom is 0.240 e. The third-order valence-electron chi connectivity index (χ3n) is 4.61. The normalized spacial score (nSPS) is 11.5. The number of nitrogens with one attached hydrogen (secondary N) is 3. The lowest BCUT2D eigenvalue weighted by atomic mass is 10.2. The lowest BCUT2D eigenvalue weighted by molar-refractivity contribution is 0.588. The van der Waals surface area contributed by atoms with E-state index in [9.17, 15) is 8.42 Å². The van der Waals surface area contributed by atoms with E-state index in [4.69, 9.17) is 0 Å². The molecule has 0 aliphatic heterocycles. The van der Waals surface area contributed by atoms with Gasteiger partial charge in [-0.25, -0.2) is 13.1 Å². The second-order valence-corrected chi connectivity index (χ2v) is 8.51. The Morgan fingerprint density at radius 3 is 2.37 bits per heavy atom. The van der Waals surface area contributed by atoms with Crippen LogP contribution in [0.1, 0.15) is 18.1 Å². The van der Waals surface area contributed by atoms with Crippen molar-refractivity contribution in [2.75, 3.05) is 38.6 Å². The fourth-order valence-corrected chi connectivity index (χ4v) is 3.64. The molecule has 30 heavy (non-hydrogen) atoms. The van der Waals surface area contributed by atoms with Gasteiger partial charge < -0.3 is 15.5 Å². The van der Waals surface area contributed by atoms with E-state index in [0.717, 1.165) is 25.2 Å². The lowest BCUT2D eigenvalue weighted by Gasteiger charge is -2.24.